The average molecular weight is 593 g/mol. The number of amides is 1. The van der Waals surface area contributed by atoms with Crippen LogP contribution in [-0.2, 0) is 14.9 Å². The van der Waals surface area contributed by atoms with Crippen LogP contribution in [0.1, 0.15) is 51.7 Å². The molecule has 2 aliphatic rings. The number of carbonyl (C=O) groups is 2. The number of benzene rings is 1. The van der Waals surface area contributed by atoms with Crippen molar-refractivity contribution in [2.75, 3.05) is 45.8 Å². The van der Waals surface area contributed by atoms with Crippen molar-refractivity contribution in [2.45, 2.75) is 57.6 Å². The van der Waals surface area contributed by atoms with Crippen LogP contribution in [0.5, 0.6) is 5.75 Å². The number of nitrogens with two attached hydrogens (primary N) is 2. The van der Waals surface area contributed by atoms with Crippen LogP contribution in [0.15, 0.2) is 35.7 Å². The number of rotatable bonds is 10. The van der Waals surface area contributed by atoms with Gasteiger partial charge in [0, 0.05) is 55.9 Å². The maximum atomic E-state index is 16.3. The summed E-state index contributed by atoms with van der Waals surface area (Å²) in [5.41, 5.74) is 12.9. The van der Waals surface area contributed by atoms with Gasteiger partial charge in [-0.3, -0.25) is 4.90 Å². The van der Waals surface area contributed by atoms with Gasteiger partial charge in [-0.1, -0.05) is 22.2 Å². The Bertz CT molecular complexity index is 1140. The Labute approximate surface area is 244 Å². The molecule has 3 rings (SSSR count). The molecule has 7 N–H and O–H groups in total. The van der Waals surface area contributed by atoms with Crippen molar-refractivity contribution >= 4 is 27.3 Å². The third-order valence-electron chi connectivity index (χ3n) is 8.18. The van der Waals surface area contributed by atoms with Crippen LogP contribution in [0.4, 0.5) is 9.18 Å². The monoisotopic (exact) mass is 592 g/mol. The van der Waals surface area contributed by atoms with Crippen LogP contribution in [0.2, 0.25) is 0 Å². The highest BCUT2D eigenvalue weighted by molar-refractivity contribution is 7.18. The van der Waals surface area contributed by atoms with Gasteiger partial charge in [-0.15, -0.1) is 0 Å². The van der Waals surface area contributed by atoms with Crippen molar-refractivity contribution in [1.82, 2.24) is 20.4 Å². The number of piperidine rings is 1. The molecule has 0 spiro atoms. The first kappa shape index (κ1) is 32.6. The van der Waals surface area contributed by atoms with Crippen LogP contribution in [0, 0.1) is 5.92 Å². The lowest BCUT2D eigenvalue weighted by Gasteiger charge is -2.41. The maximum Gasteiger partial charge on any atom is 0.410 e. The molecule has 1 aromatic rings. The number of hydrogen-bond donors (Lipinski definition) is 5. The molecule has 1 amide bonds. The van der Waals surface area contributed by atoms with Gasteiger partial charge in [-0.2, -0.15) is 0 Å². The van der Waals surface area contributed by atoms with E-state index in [4.69, 9.17) is 16.2 Å². The number of ether oxygens (including phenoxy) is 1. The zero-order valence-corrected chi connectivity index (χ0v) is 25.7. The molecule has 0 bridgehead atoms. The van der Waals surface area contributed by atoms with Gasteiger partial charge in [-0.25, -0.2) is 9.18 Å². The fraction of sp³-hybridized carbons (Fsp3) is 0.586. The van der Waals surface area contributed by atoms with Gasteiger partial charge in [0.05, 0.1) is 12.4 Å². The SMILES string of the molecule is CC(/C=C(\N)NC1CCCNC1)=C(/N)c1ccc(C(F)(P)C(C)C(C)(C)OC(=O)N2CCN(CC=O)CC2)cc1O. The van der Waals surface area contributed by atoms with Crippen molar-refractivity contribution in [1.29, 1.82) is 0 Å². The standard InChI is InChI=1S/C29H46FN6O4P/c1-19(16-25(31)34-22-6-5-9-33-18-22)26(32)23-8-7-21(17-24(23)38)29(30,41)20(2)28(3,4)40-27(39)36-12-10-35(11-13-36)14-15-37/h7-8,15-17,20,22,33-34,38H,5-6,9-14,18,31-32,41H2,1-4H3/b25-16+,26-19-. The molecule has 1 aromatic carbocycles. The first-order valence-electron chi connectivity index (χ1n) is 14.1. The van der Waals surface area contributed by atoms with E-state index in [0.717, 1.165) is 32.2 Å². The van der Waals surface area contributed by atoms with Crippen molar-refractivity contribution in [3.05, 3.63) is 46.8 Å². The number of alkyl halides is 1. The van der Waals surface area contributed by atoms with E-state index in [9.17, 15) is 14.7 Å². The molecule has 10 nitrogen and oxygen atoms in total. The van der Waals surface area contributed by atoms with Gasteiger partial charge in [-0.05, 0) is 69.5 Å². The van der Waals surface area contributed by atoms with Crippen molar-refractivity contribution in [2.24, 2.45) is 17.4 Å². The minimum atomic E-state index is -2.03. The number of piperazine rings is 1. The molecule has 41 heavy (non-hydrogen) atoms. The fourth-order valence-corrected chi connectivity index (χ4v) is 5.71. The lowest BCUT2D eigenvalue weighted by atomic mass is 9.84. The number of aromatic hydroxyl groups is 1. The summed E-state index contributed by atoms with van der Waals surface area (Å²) >= 11 is 0. The molecule has 2 saturated heterocycles. The second-order valence-corrected chi connectivity index (χ2v) is 12.4. The second kappa shape index (κ2) is 13.9. The summed E-state index contributed by atoms with van der Waals surface area (Å²) in [5, 5.41) is 15.4. The molecule has 0 aromatic heterocycles. The maximum absolute atomic E-state index is 16.3. The zero-order chi connectivity index (χ0) is 30.4. The normalized spacial score (nSPS) is 21.9. The van der Waals surface area contributed by atoms with Crippen molar-refractivity contribution < 1.29 is 23.8 Å². The highest BCUT2D eigenvalue weighted by Gasteiger charge is 2.46. The fourth-order valence-electron chi connectivity index (χ4n) is 5.13. The molecule has 4 unspecified atom stereocenters. The van der Waals surface area contributed by atoms with Gasteiger partial charge in [0.1, 0.15) is 17.6 Å². The van der Waals surface area contributed by atoms with Crippen LogP contribution in [0.25, 0.3) is 5.70 Å². The Morgan fingerprint density at radius 2 is 2.00 bits per heavy atom. The summed E-state index contributed by atoms with van der Waals surface area (Å²) in [6, 6.07) is 4.74. The van der Waals surface area contributed by atoms with Crippen LogP contribution in [-0.4, -0.2) is 84.7 Å². The number of phenols is 1. The molecular formula is C29H46FN6O4P. The largest absolute Gasteiger partial charge is 0.507 e. The second-order valence-electron chi connectivity index (χ2n) is 11.5. The summed E-state index contributed by atoms with van der Waals surface area (Å²) in [7, 11) is 2.21. The number of nitrogens with zero attached hydrogens (tertiary/aromatic N) is 2. The molecule has 0 saturated carbocycles. The number of allylic oxidation sites excluding steroid dienone is 2. The van der Waals surface area contributed by atoms with E-state index in [-0.39, 0.29) is 17.4 Å². The topological polar surface area (TPSA) is 146 Å². The molecule has 0 aliphatic carbocycles. The van der Waals surface area contributed by atoms with E-state index in [0.29, 0.717) is 55.4 Å². The van der Waals surface area contributed by atoms with E-state index < -0.39 is 23.0 Å². The Morgan fingerprint density at radius 3 is 2.59 bits per heavy atom. The number of halogens is 1. The third-order valence-corrected chi connectivity index (χ3v) is 9.01. The van der Waals surface area contributed by atoms with Crippen LogP contribution >= 0.6 is 9.24 Å². The van der Waals surface area contributed by atoms with Crippen molar-refractivity contribution in [3.63, 3.8) is 0 Å². The third kappa shape index (κ3) is 8.33. The van der Waals surface area contributed by atoms with Gasteiger partial charge in [0.2, 0.25) is 0 Å². The molecule has 4 atom stereocenters. The Kier molecular flexibility index (Phi) is 11.0. The summed E-state index contributed by atoms with van der Waals surface area (Å²) < 4.78 is 22.1. The molecule has 0 radical (unpaired) electrons. The highest BCUT2D eigenvalue weighted by Crippen LogP contribution is 2.47. The predicted octanol–water partition coefficient (Wildman–Crippen LogP) is 2.59. The number of aldehydes is 1. The summed E-state index contributed by atoms with van der Waals surface area (Å²) in [6.45, 7) is 11.0. The molecule has 12 heteroatoms. The smallest absolute Gasteiger partial charge is 0.410 e. The first-order chi connectivity index (χ1) is 19.3. The summed E-state index contributed by atoms with van der Waals surface area (Å²) in [4.78, 5) is 27.1. The van der Waals surface area contributed by atoms with Crippen LogP contribution in [0.3, 0.4) is 0 Å². The van der Waals surface area contributed by atoms with E-state index >= 15 is 4.39 Å². The zero-order valence-electron chi connectivity index (χ0n) is 24.6. The van der Waals surface area contributed by atoms with E-state index in [2.05, 4.69) is 19.9 Å². The lowest BCUT2D eigenvalue weighted by molar-refractivity contribution is -0.109. The molecule has 2 aliphatic heterocycles. The highest BCUT2D eigenvalue weighted by atomic mass is 31.0. The summed E-state index contributed by atoms with van der Waals surface area (Å²) in [5.74, 6) is -0.491. The van der Waals surface area contributed by atoms with Crippen LogP contribution < -0.4 is 22.1 Å². The van der Waals surface area contributed by atoms with Gasteiger partial charge >= 0.3 is 6.09 Å². The average Bonchev–Trinajstić information content (AvgIpc) is 2.93. The number of nitrogens with one attached hydrogen (secondary N) is 2. The Morgan fingerprint density at radius 1 is 1.32 bits per heavy atom. The summed E-state index contributed by atoms with van der Waals surface area (Å²) in [6.07, 6.45) is 4.15. The van der Waals surface area contributed by atoms with Gasteiger partial charge in [0.25, 0.3) is 0 Å². The van der Waals surface area contributed by atoms with E-state index in [1.165, 1.54) is 6.07 Å². The Balaban J connectivity index is 1.70. The predicted molar refractivity (Wildman–Crippen MR) is 162 cm³/mol. The molecular weight excluding hydrogens is 546 g/mol. The lowest BCUT2D eigenvalue weighted by Crippen LogP contribution is -2.52. The first-order valence-corrected chi connectivity index (χ1v) is 14.7. The van der Waals surface area contributed by atoms with Gasteiger partial charge in [0.15, 0.2) is 5.41 Å². The molecule has 2 heterocycles. The van der Waals surface area contributed by atoms with E-state index in [1.54, 1.807) is 50.8 Å². The number of hydrogen-bond acceptors (Lipinski definition) is 9. The van der Waals surface area contributed by atoms with Crippen molar-refractivity contribution in [3.8, 4) is 5.75 Å². The molecule has 2 fully saturated rings. The van der Waals surface area contributed by atoms with E-state index in [1.807, 2.05) is 4.90 Å². The molecule has 228 valence electrons. The van der Waals surface area contributed by atoms with Gasteiger partial charge < -0.3 is 41.6 Å². The minimum absolute atomic E-state index is 0.171. The quantitative estimate of drug-likeness (QED) is 0.157. The minimum Gasteiger partial charge on any atom is -0.507 e. The number of phenolic OH excluding ortho intramolecular Hbond substituents is 1. The Hall–Kier alpha value is -2.88. The number of carbonyl (C=O) groups excluding carboxylic acids is 2.